The fraction of sp³-hybridized carbons (Fsp3) is 0.444. The first-order chi connectivity index (χ1) is 7.63. The van der Waals surface area contributed by atoms with Gasteiger partial charge in [0.2, 0.25) is 0 Å². The summed E-state index contributed by atoms with van der Waals surface area (Å²) in [6.07, 6.45) is 2.03. The zero-order chi connectivity index (χ0) is 11.5. The van der Waals surface area contributed by atoms with E-state index in [1.807, 2.05) is 0 Å². The van der Waals surface area contributed by atoms with Crippen molar-refractivity contribution in [2.24, 2.45) is 5.73 Å². The highest BCUT2D eigenvalue weighted by atomic mass is 19.1. The Labute approximate surface area is 90.6 Å². The van der Waals surface area contributed by atoms with E-state index in [0.29, 0.717) is 12.8 Å². The summed E-state index contributed by atoms with van der Waals surface area (Å²) >= 11 is 0. The SMILES string of the molecule is NC(=O)OC1CC(Oc2ncc(F)cn2)C1. The predicted molar refractivity (Wildman–Crippen MR) is 50.1 cm³/mol. The Morgan fingerprint density at radius 1 is 1.38 bits per heavy atom. The quantitative estimate of drug-likeness (QED) is 0.817. The largest absolute Gasteiger partial charge is 0.460 e. The zero-order valence-corrected chi connectivity index (χ0v) is 8.30. The normalized spacial score (nSPS) is 23.3. The number of ether oxygens (including phenoxy) is 2. The summed E-state index contributed by atoms with van der Waals surface area (Å²) in [5, 5.41) is 0. The molecule has 0 unspecified atom stereocenters. The number of carbonyl (C=O) groups is 1. The lowest BCUT2D eigenvalue weighted by molar-refractivity contribution is -0.0234. The lowest BCUT2D eigenvalue weighted by Gasteiger charge is -2.33. The van der Waals surface area contributed by atoms with Crippen LogP contribution < -0.4 is 10.5 Å². The van der Waals surface area contributed by atoms with Crippen molar-refractivity contribution in [1.29, 1.82) is 0 Å². The van der Waals surface area contributed by atoms with Gasteiger partial charge in [-0.15, -0.1) is 0 Å². The average Bonchev–Trinajstić information content (AvgIpc) is 2.17. The molecular weight excluding hydrogens is 217 g/mol. The van der Waals surface area contributed by atoms with Crippen molar-refractivity contribution in [3.8, 4) is 6.01 Å². The van der Waals surface area contributed by atoms with E-state index in [1.165, 1.54) is 0 Å². The van der Waals surface area contributed by atoms with Crippen LogP contribution in [0.5, 0.6) is 6.01 Å². The van der Waals surface area contributed by atoms with Gasteiger partial charge in [0.1, 0.15) is 12.2 Å². The van der Waals surface area contributed by atoms with E-state index < -0.39 is 11.9 Å². The van der Waals surface area contributed by atoms with Gasteiger partial charge in [-0.3, -0.25) is 0 Å². The fourth-order valence-corrected chi connectivity index (χ4v) is 1.38. The third kappa shape index (κ3) is 2.56. The number of nitrogens with zero attached hydrogens (tertiary/aromatic N) is 2. The molecule has 16 heavy (non-hydrogen) atoms. The molecule has 1 saturated carbocycles. The third-order valence-electron chi connectivity index (χ3n) is 2.20. The second-order valence-electron chi connectivity index (χ2n) is 3.45. The molecule has 0 aromatic carbocycles. The molecule has 0 atom stereocenters. The first kappa shape index (κ1) is 10.6. The van der Waals surface area contributed by atoms with Crippen LogP contribution >= 0.6 is 0 Å². The van der Waals surface area contributed by atoms with E-state index in [9.17, 15) is 9.18 Å². The van der Waals surface area contributed by atoms with Gasteiger partial charge >= 0.3 is 12.1 Å². The zero-order valence-electron chi connectivity index (χ0n) is 8.30. The smallest absolute Gasteiger partial charge is 0.404 e. The molecule has 1 aromatic rings. The van der Waals surface area contributed by atoms with Crippen LogP contribution in [0, 0.1) is 5.82 Å². The van der Waals surface area contributed by atoms with Gasteiger partial charge in [0, 0.05) is 12.8 Å². The molecule has 0 radical (unpaired) electrons. The summed E-state index contributed by atoms with van der Waals surface area (Å²) in [6.45, 7) is 0. The fourth-order valence-electron chi connectivity index (χ4n) is 1.38. The minimum absolute atomic E-state index is 0.115. The van der Waals surface area contributed by atoms with Crippen molar-refractivity contribution in [3.05, 3.63) is 18.2 Å². The van der Waals surface area contributed by atoms with Crippen LogP contribution in [0.3, 0.4) is 0 Å². The lowest BCUT2D eigenvalue weighted by Crippen LogP contribution is -2.41. The van der Waals surface area contributed by atoms with E-state index in [2.05, 4.69) is 9.97 Å². The minimum Gasteiger partial charge on any atom is -0.460 e. The highest BCUT2D eigenvalue weighted by Gasteiger charge is 2.34. The van der Waals surface area contributed by atoms with Crippen molar-refractivity contribution < 1.29 is 18.7 Å². The number of primary amides is 1. The molecule has 1 fully saturated rings. The van der Waals surface area contributed by atoms with Crippen molar-refractivity contribution in [3.63, 3.8) is 0 Å². The number of hydrogen-bond donors (Lipinski definition) is 1. The standard InChI is InChI=1S/C9H10FN3O3/c10-5-3-12-9(13-4-5)16-7-1-6(2-7)15-8(11)14/h3-4,6-7H,1-2H2,(H2,11,14). The summed E-state index contributed by atoms with van der Waals surface area (Å²) in [7, 11) is 0. The van der Waals surface area contributed by atoms with E-state index in [-0.39, 0.29) is 18.2 Å². The maximum Gasteiger partial charge on any atom is 0.404 e. The Morgan fingerprint density at radius 2 is 2.00 bits per heavy atom. The Morgan fingerprint density at radius 3 is 2.56 bits per heavy atom. The van der Waals surface area contributed by atoms with Crippen molar-refractivity contribution >= 4 is 6.09 Å². The van der Waals surface area contributed by atoms with Gasteiger partial charge in [0.25, 0.3) is 0 Å². The van der Waals surface area contributed by atoms with Gasteiger partial charge < -0.3 is 15.2 Å². The first-order valence-corrected chi connectivity index (χ1v) is 4.74. The van der Waals surface area contributed by atoms with Crippen molar-refractivity contribution in [2.75, 3.05) is 0 Å². The van der Waals surface area contributed by atoms with Crippen LogP contribution in [0.4, 0.5) is 9.18 Å². The number of aromatic nitrogens is 2. The van der Waals surface area contributed by atoms with Crippen LogP contribution in [0.15, 0.2) is 12.4 Å². The monoisotopic (exact) mass is 227 g/mol. The molecule has 2 rings (SSSR count). The Hall–Kier alpha value is -1.92. The van der Waals surface area contributed by atoms with Crippen molar-refractivity contribution in [1.82, 2.24) is 9.97 Å². The second kappa shape index (κ2) is 4.30. The van der Waals surface area contributed by atoms with Gasteiger partial charge in [-0.2, -0.15) is 0 Å². The molecule has 0 saturated heterocycles. The molecule has 86 valence electrons. The van der Waals surface area contributed by atoms with Crippen LogP contribution in [0.25, 0.3) is 0 Å². The molecule has 6 nitrogen and oxygen atoms in total. The molecule has 1 aliphatic carbocycles. The average molecular weight is 227 g/mol. The molecule has 1 aliphatic rings. The molecule has 0 spiro atoms. The van der Waals surface area contributed by atoms with E-state index in [1.54, 1.807) is 0 Å². The lowest BCUT2D eigenvalue weighted by atomic mass is 9.92. The number of nitrogens with two attached hydrogens (primary N) is 1. The van der Waals surface area contributed by atoms with Crippen LogP contribution in [0.1, 0.15) is 12.8 Å². The van der Waals surface area contributed by atoms with E-state index >= 15 is 0 Å². The Bertz CT molecular complexity index is 378. The molecule has 1 aromatic heterocycles. The highest BCUT2D eigenvalue weighted by molar-refractivity contribution is 5.64. The van der Waals surface area contributed by atoms with E-state index in [0.717, 1.165) is 12.4 Å². The van der Waals surface area contributed by atoms with Gasteiger partial charge in [-0.1, -0.05) is 0 Å². The molecule has 0 aliphatic heterocycles. The number of halogens is 1. The maximum atomic E-state index is 12.5. The van der Waals surface area contributed by atoms with Crippen LogP contribution in [-0.4, -0.2) is 28.3 Å². The second-order valence-corrected chi connectivity index (χ2v) is 3.45. The van der Waals surface area contributed by atoms with E-state index in [4.69, 9.17) is 15.2 Å². The van der Waals surface area contributed by atoms with Crippen LogP contribution in [0.2, 0.25) is 0 Å². The summed E-state index contributed by atoms with van der Waals surface area (Å²) in [5.74, 6) is -0.518. The molecule has 7 heteroatoms. The highest BCUT2D eigenvalue weighted by Crippen LogP contribution is 2.26. The van der Waals surface area contributed by atoms with Gasteiger partial charge in [-0.05, 0) is 0 Å². The number of rotatable bonds is 3. The molecular formula is C9H10FN3O3. The summed E-state index contributed by atoms with van der Waals surface area (Å²) in [6, 6.07) is 0.115. The molecule has 1 heterocycles. The summed E-state index contributed by atoms with van der Waals surface area (Å²) in [4.78, 5) is 17.7. The minimum atomic E-state index is -0.790. The van der Waals surface area contributed by atoms with Crippen molar-refractivity contribution in [2.45, 2.75) is 25.0 Å². The van der Waals surface area contributed by atoms with Gasteiger partial charge in [-0.25, -0.2) is 19.2 Å². The Kier molecular flexibility index (Phi) is 2.84. The third-order valence-corrected chi connectivity index (χ3v) is 2.20. The summed E-state index contributed by atoms with van der Waals surface area (Å²) < 4.78 is 22.5. The number of carbonyl (C=O) groups excluding carboxylic acids is 1. The Balaban J connectivity index is 1.77. The molecule has 1 amide bonds. The molecule has 0 bridgehead atoms. The topological polar surface area (TPSA) is 87.3 Å². The predicted octanol–water partition coefficient (Wildman–Crippen LogP) is 0.621. The van der Waals surface area contributed by atoms with Gasteiger partial charge in [0.15, 0.2) is 5.82 Å². The summed E-state index contributed by atoms with van der Waals surface area (Å²) in [5.41, 5.74) is 4.85. The first-order valence-electron chi connectivity index (χ1n) is 4.74. The van der Waals surface area contributed by atoms with Gasteiger partial charge in [0.05, 0.1) is 12.4 Å². The molecule has 2 N–H and O–H groups in total. The number of amides is 1. The number of hydrogen-bond acceptors (Lipinski definition) is 5. The van der Waals surface area contributed by atoms with Crippen LogP contribution in [-0.2, 0) is 4.74 Å². The maximum absolute atomic E-state index is 12.5.